The van der Waals surface area contributed by atoms with Crippen molar-refractivity contribution in [1.82, 2.24) is 35.9 Å². The van der Waals surface area contributed by atoms with Crippen LogP contribution >= 0.6 is 0 Å². The number of nitrogens with zero attached hydrogens (tertiary/aromatic N) is 4. The molecule has 3 aromatic rings. The summed E-state index contributed by atoms with van der Waals surface area (Å²) in [5.74, 6) is -1.05. The molecule has 0 bridgehead atoms. The minimum atomic E-state index is -1.22. The molecule has 0 aliphatic carbocycles. The number of hydrogen-bond acceptors (Lipinski definition) is 9. The molecule has 14 nitrogen and oxygen atoms in total. The van der Waals surface area contributed by atoms with Crippen molar-refractivity contribution in [2.75, 3.05) is 26.7 Å². The number of methoxy groups -OCH3 is 1. The normalized spacial score (nSPS) is 15.9. The molecule has 2 aromatic carbocycles. The summed E-state index contributed by atoms with van der Waals surface area (Å²) in [6, 6.07) is 18.7. The molecule has 4 rings (SSSR count). The number of amides is 5. The Morgan fingerprint density at radius 2 is 1.64 bits per heavy atom. The van der Waals surface area contributed by atoms with E-state index in [9.17, 15) is 29.4 Å². The van der Waals surface area contributed by atoms with Crippen LogP contribution in [0.15, 0.2) is 72.8 Å². The Hall–Kier alpha value is -5.21. The van der Waals surface area contributed by atoms with Gasteiger partial charge in [0.15, 0.2) is 0 Å². The van der Waals surface area contributed by atoms with Crippen LogP contribution in [0.25, 0.3) is 0 Å². The van der Waals surface area contributed by atoms with E-state index in [1.807, 2.05) is 69.3 Å². The number of nitrogens with one attached hydrogen (secondary N) is 3. The number of ether oxygens (including phenoxy) is 1. The third-order valence-electron chi connectivity index (χ3n) is 9.87. The van der Waals surface area contributed by atoms with Crippen molar-refractivity contribution in [3.8, 4) is 5.75 Å². The van der Waals surface area contributed by atoms with E-state index in [1.54, 1.807) is 42.7 Å². The molecule has 1 aromatic heterocycles. The van der Waals surface area contributed by atoms with Crippen molar-refractivity contribution in [3.05, 3.63) is 95.3 Å². The van der Waals surface area contributed by atoms with Gasteiger partial charge in [0.25, 0.3) is 5.91 Å². The number of hydrogen-bond donors (Lipinski definition) is 5. The van der Waals surface area contributed by atoms with Gasteiger partial charge in [0.1, 0.15) is 17.8 Å². The maximum Gasteiger partial charge on any atom is 0.407 e. The van der Waals surface area contributed by atoms with Crippen molar-refractivity contribution < 1.29 is 34.1 Å². The number of phenols is 1. The van der Waals surface area contributed by atoms with Gasteiger partial charge in [-0.25, -0.2) is 14.6 Å². The third-order valence-corrected chi connectivity index (χ3v) is 9.87. The van der Waals surface area contributed by atoms with E-state index >= 15 is 0 Å². The van der Waals surface area contributed by atoms with Gasteiger partial charge in [-0.15, -0.1) is 0 Å². The predicted molar refractivity (Wildman–Crippen MR) is 208 cm³/mol. The van der Waals surface area contributed by atoms with Crippen molar-refractivity contribution in [1.29, 1.82) is 0 Å². The molecule has 1 aliphatic heterocycles. The molecule has 0 saturated carbocycles. The van der Waals surface area contributed by atoms with Crippen LogP contribution in [0, 0.1) is 18.3 Å². The summed E-state index contributed by atoms with van der Waals surface area (Å²) >= 11 is 0. The zero-order chi connectivity index (χ0) is 40.3. The first-order valence-corrected chi connectivity index (χ1v) is 18.8. The Balaban J connectivity index is 1.60. The smallest absolute Gasteiger partial charge is 0.407 e. The molecule has 1 saturated heterocycles. The number of carbonyl (C=O) groups is 4. The number of pyridine rings is 1. The SMILES string of the molecule is CCC(C)C(C(=O)NC(Cc1ccccc1)C(O)CN(Cc1ccc(O)cc1)NC(=O)C(NC(=O)OC)C(C)(C)C)N1CCN(Cc2cccc(C)n2)C1=O. The first-order valence-electron chi connectivity index (χ1n) is 18.8. The van der Waals surface area contributed by atoms with Gasteiger partial charge in [-0.05, 0) is 60.1 Å². The van der Waals surface area contributed by atoms with Gasteiger partial charge in [-0.3, -0.25) is 20.0 Å². The molecular formula is C41H57N7O7. The summed E-state index contributed by atoms with van der Waals surface area (Å²) in [4.78, 5) is 62.1. The van der Waals surface area contributed by atoms with Crippen LogP contribution in [0.2, 0.25) is 0 Å². The zero-order valence-electron chi connectivity index (χ0n) is 33.0. The Bertz CT molecular complexity index is 1730. The molecule has 5 N–H and O–H groups in total. The highest BCUT2D eigenvalue weighted by Crippen LogP contribution is 2.24. The Labute approximate surface area is 324 Å². The number of aliphatic hydroxyl groups is 1. The van der Waals surface area contributed by atoms with Crippen LogP contribution in [0.3, 0.4) is 0 Å². The number of aromatic nitrogens is 1. The largest absolute Gasteiger partial charge is 0.508 e. The number of aryl methyl sites for hydroxylation is 1. The van der Waals surface area contributed by atoms with Gasteiger partial charge in [0.2, 0.25) is 5.91 Å². The van der Waals surface area contributed by atoms with E-state index in [2.05, 4.69) is 21.0 Å². The standard InChI is InChI=1S/C41H57N7O7/c1-8-27(2)35(48-22-21-46(40(48)54)25-31-16-12-13-28(3)42-31)37(51)43-33(23-29-14-10-9-11-15-29)34(50)26-47(24-30-17-19-32(49)20-18-30)45-38(52)36(41(4,5)6)44-39(53)55-7/h9-20,27,33-36,49-50H,8,21-26H2,1-7H3,(H,43,51)(H,44,53)(H,45,52). The number of benzene rings is 2. The van der Waals surface area contributed by atoms with Gasteiger partial charge in [-0.1, -0.05) is 89.6 Å². The molecule has 55 heavy (non-hydrogen) atoms. The summed E-state index contributed by atoms with van der Waals surface area (Å²) in [5, 5.41) is 29.1. The monoisotopic (exact) mass is 759 g/mol. The lowest BCUT2D eigenvalue weighted by atomic mass is 9.86. The fraction of sp³-hybridized carbons (Fsp3) is 0.488. The molecule has 0 spiro atoms. The quantitative estimate of drug-likeness (QED) is 0.127. The fourth-order valence-corrected chi connectivity index (χ4v) is 6.64. The van der Waals surface area contributed by atoms with E-state index in [0.717, 1.165) is 22.5 Å². The number of carbonyl (C=O) groups excluding carboxylic acids is 4. The summed E-state index contributed by atoms with van der Waals surface area (Å²) in [6.45, 7) is 12.3. The molecule has 5 unspecified atom stereocenters. The topological polar surface area (TPSA) is 177 Å². The fourth-order valence-electron chi connectivity index (χ4n) is 6.64. The Morgan fingerprint density at radius 3 is 2.25 bits per heavy atom. The molecule has 1 fully saturated rings. The second-order valence-electron chi connectivity index (χ2n) is 15.3. The van der Waals surface area contributed by atoms with E-state index in [1.165, 1.54) is 24.3 Å². The lowest BCUT2D eigenvalue weighted by Gasteiger charge is -2.36. The summed E-state index contributed by atoms with van der Waals surface area (Å²) < 4.78 is 4.77. The van der Waals surface area contributed by atoms with Crippen molar-refractivity contribution >= 4 is 23.9 Å². The van der Waals surface area contributed by atoms with Gasteiger partial charge in [0, 0.05) is 31.9 Å². The van der Waals surface area contributed by atoms with Gasteiger partial charge < -0.3 is 35.4 Å². The van der Waals surface area contributed by atoms with Gasteiger partial charge in [-0.2, -0.15) is 0 Å². The average Bonchev–Trinajstić information content (AvgIpc) is 3.49. The van der Waals surface area contributed by atoms with Crippen LogP contribution < -0.4 is 16.1 Å². The average molecular weight is 760 g/mol. The number of aromatic hydroxyl groups is 1. The highest BCUT2D eigenvalue weighted by atomic mass is 16.5. The molecule has 5 atom stereocenters. The second-order valence-corrected chi connectivity index (χ2v) is 15.3. The van der Waals surface area contributed by atoms with E-state index in [-0.39, 0.29) is 43.1 Å². The van der Waals surface area contributed by atoms with Crippen LogP contribution in [0.5, 0.6) is 5.75 Å². The molecule has 14 heteroatoms. The molecule has 1 aliphatic rings. The molecule has 298 valence electrons. The molecular weight excluding hydrogens is 702 g/mol. The van der Waals surface area contributed by atoms with E-state index in [0.29, 0.717) is 26.1 Å². The van der Waals surface area contributed by atoms with E-state index in [4.69, 9.17) is 4.74 Å². The third kappa shape index (κ3) is 12.1. The van der Waals surface area contributed by atoms with Gasteiger partial charge >= 0.3 is 12.1 Å². The minimum Gasteiger partial charge on any atom is -0.508 e. The molecule has 5 amide bonds. The van der Waals surface area contributed by atoms with Gasteiger partial charge in [0.05, 0.1) is 31.5 Å². The maximum atomic E-state index is 14.4. The van der Waals surface area contributed by atoms with Crippen molar-refractivity contribution in [2.45, 2.75) is 91.7 Å². The van der Waals surface area contributed by atoms with Crippen LogP contribution in [0.1, 0.15) is 63.6 Å². The lowest BCUT2D eigenvalue weighted by Crippen LogP contribution is -2.60. The molecule has 0 radical (unpaired) electrons. The van der Waals surface area contributed by atoms with Crippen LogP contribution in [0.4, 0.5) is 9.59 Å². The van der Waals surface area contributed by atoms with Crippen molar-refractivity contribution in [2.24, 2.45) is 11.3 Å². The number of hydrazine groups is 1. The lowest BCUT2D eigenvalue weighted by molar-refractivity contribution is -0.132. The molecule has 2 heterocycles. The number of alkyl carbamates (subject to hydrolysis) is 1. The van der Waals surface area contributed by atoms with Crippen LogP contribution in [-0.2, 0) is 33.8 Å². The van der Waals surface area contributed by atoms with Crippen molar-refractivity contribution in [3.63, 3.8) is 0 Å². The number of aliphatic hydroxyl groups excluding tert-OH is 1. The number of urea groups is 1. The van der Waals surface area contributed by atoms with Crippen LogP contribution in [-0.4, -0.2) is 105 Å². The summed E-state index contributed by atoms with van der Waals surface area (Å²) in [5.41, 5.74) is 5.37. The maximum absolute atomic E-state index is 14.4. The highest BCUT2D eigenvalue weighted by molar-refractivity contribution is 5.88. The van der Waals surface area contributed by atoms with E-state index < -0.39 is 41.6 Å². The highest BCUT2D eigenvalue weighted by Gasteiger charge is 2.41. The first kappa shape index (κ1) is 42.5. The summed E-state index contributed by atoms with van der Waals surface area (Å²) in [6.07, 6.45) is -1.10. The Morgan fingerprint density at radius 1 is 0.945 bits per heavy atom. The first-order chi connectivity index (χ1) is 26.1. The number of phenolic OH excluding ortho intramolecular Hbond substituents is 1. The minimum absolute atomic E-state index is 0.0716. The number of rotatable bonds is 17. The second kappa shape index (κ2) is 19.4. The zero-order valence-corrected chi connectivity index (χ0v) is 33.0. The summed E-state index contributed by atoms with van der Waals surface area (Å²) in [7, 11) is 1.21. The predicted octanol–water partition coefficient (Wildman–Crippen LogP) is 4.14. The Kier molecular flexibility index (Phi) is 15.0.